The molecule has 0 unspecified atom stereocenters. The first kappa shape index (κ1) is 20.1. The standard InChI is InChI=1S/C26H19N7S/c1-16-28-10-11-33(16)15-17-3-6-20(7-4-17)30-26-31-24(21-8-9-29-25(21)32-26)23-13-19-5-2-18(14-27)12-22(19)34-23/h2-13H,15H2,1H3,(H2,29,30,31,32). The number of hydrogen-bond acceptors (Lipinski definition) is 6. The van der Waals surface area contributed by atoms with Crippen molar-refractivity contribution in [1.82, 2.24) is 24.5 Å². The highest BCUT2D eigenvalue weighted by molar-refractivity contribution is 7.22. The Morgan fingerprint density at radius 3 is 2.76 bits per heavy atom. The summed E-state index contributed by atoms with van der Waals surface area (Å²) >= 11 is 1.63. The second-order valence-corrected chi connectivity index (χ2v) is 9.12. The fourth-order valence-corrected chi connectivity index (χ4v) is 5.10. The molecule has 0 aliphatic rings. The van der Waals surface area contributed by atoms with Crippen LogP contribution in [-0.4, -0.2) is 24.5 Å². The van der Waals surface area contributed by atoms with Crippen molar-refractivity contribution in [3.8, 4) is 16.6 Å². The SMILES string of the molecule is Cc1nccn1Cc1ccc(Nc2nc(-c3cc4ccc(C#N)cc4s3)c3cc[nH]c3n2)cc1. The monoisotopic (exact) mass is 461 g/mol. The number of aromatic nitrogens is 5. The van der Waals surface area contributed by atoms with Crippen molar-refractivity contribution in [2.24, 2.45) is 0 Å². The molecule has 6 rings (SSSR count). The first-order valence-electron chi connectivity index (χ1n) is 10.8. The normalized spacial score (nSPS) is 11.2. The van der Waals surface area contributed by atoms with Gasteiger partial charge in [-0.3, -0.25) is 0 Å². The number of aryl methyl sites for hydroxylation is 1. The van der Waals surface area contributed by atoms with Crippen molar-refractivity contribution in [2.45, 2.75) is 13.5 Å². The Morgan fingerprint density at radius 1 is 1.09 bits per heavy atom. The van der Waals surface area contributed by atoms with E-state index in [1.54, 1.807) is 11.3 Å². The first-order valence-corrected chi connectivity index (χ1v) is 11.6. The number of nitriles is 1. The van der Waals surface area contributed by atoms with E-state index in [-0.39, 0.29) is 0 Å². The number of thiophene rings is 1. The lowest BCUT2D eigenvalue weighted by Crippen LogP contribution is -2.02. The Hall–Kier alpha value is -4.48. The van der Waals surface area contributed by atoms with Gasteiger partial charge in [-0.25, -0.2) is 9.97 Å². The predicted molar refractivity (Wildman–Crippen MR) is 135 cm³/mol. The number of H-pyrrole nitrogens is 1. The zero-order valence-corrected chi connectivity index (χ0v) is 19.1. The van der Waals surface area contributed by atoms with Crippen LogP contribution in [-0.2, 0) is 6.54 Å². The van der Waals surface area contributed by atoms with E-state index < -0.39 is 0 Å². The molecule has 164 valence electrons. The smallest absolute Gasteiger partial charge is 0.229 e. The molecular weight excluding hydrogens is 442 g/mol. The van der Waals surface area contributed by atoms with Gasteiger partial charge in [0.25, 0.3) is 0 Å². The summed E-state index contributed by atoms with van der Waals surface area (Å²) < 4.78 is 3.18. The molecule has 4 heterocycles. The van der Waals surface area contributed by atoms with E-state index in [2.05, 4.69) is 49.1 Å². The molecule has 0 aliphatic heterocycles. The molecule has 0 saturated heterocycles. The lowest BCUT2D eigenvalue weighted by Gasteiger charge is -2.09. The van der Waals surface area contributed by atoms with Crippen molar-refractivity contribution >= 4 is 44.1 Å². The summed E-state index contributed by atoms with van der Waals surface area (Å²) in [5.74, 6) is 1.52. The second-order valence-electron chi connectivity index (χ2n) is 8.04. The zero-order chi connectivity index (χ0) is 23.1. The lowest BCUT2D eigenvalue weighted by atomic mass is 10.1. The largest absolute Gasteiger partial charge is 0.346 e. The van der Waals surface area contributed by atoms with Crippen LogP contribution in [0.5, 0.6) is 0 Å². The van der Waals surface area contributed by atoms with E-state index in [1.165, 1.54) is 5.56 Å². The van der Waals surface area contributed by atoms with Crippen molar-refractivity contribution in [2.75, 3.05) is 5.32 Å². The van der Waals surface area contributed by atoms with E-state index in [0.717, 1.165) is 49.7 Å². The minimum Gasteiger partial charge on any atom is -0.346 e. The molecule has 0 bridgehead atoms. The topological polar surface area (TPSA) is 95.2 Å². The number of imidazole rings is 1. The van der Waals surface area contributed by atoms with Crippen LogP contribution in [0.4, 0.5) is 11.6 Å². The number of nitrogens with zero attached hydrogens (tertiary/aromatic N) is 5. The third kappa shape index (κ3) is 3.68. The number of aromatic amines is 1. The average molecular weight is 462 g/mol. The minimum absolute atomic E-state index is 0.526. The van der Waals surface area contributed by atoms with Gasteiger partial charge < -0.3 is 14.9 Å². The molecule has 0 spiro atoms. The average Bonchev–Trinajstić information content (AvgIpc) is 3.59. The molecule has 0 aliphatic carbocycles. The number of anilines is 2. The van der Waals surface area contributed by atoms with Gasteiger partial charge in [-0.15, -0.1) is 11.3 Å². The molecule has 0 fully saturated rings. The van der Waals surface area contributed by atoms with Crippen molar-refractivity contribution in [1.29, 1.82) is 5.26 Å². The van der Waals surface area contributed by atoms with Crippen LogP contribution < -0.4 is 5.32 Å². The van der Waals surface area contributed by atoms with Gasteiger partial charge in [0.15, 0.2) is 0 Å². The maximum Gasteiger partial charge on any atom is 0.229 e. The Bertz CT molecular complexity index is 1680. The Kier molecular flexibility index (Phi) is 4.82. The molecule has 2 N–H and O–H groups in total. The maximum absolute atomic E-state index is 9.22. The summed E-state index contributed by atoms with van der Waals surface area (Å²) in [6.07, 6.45) is 5.67. The van der Waals surface area contributed by atoms with Crippen LogP contribution in [0.2, 0.25) is 0 Å². The van der Waals surface area contributed by atoms with Crippen LogP contribution in [0.1, 0.15) is 17.0 Å². The van der Waals surface area contributed by atoms with Crippen molar-refractivity contribution < 1.29 is 0 Å². The summed E-state index contributed by atoms with van der Waals surface area (Å²) in [5, 5.41) is 14.6. The fourth-order valence-electron chi connectivity index (χ4n) is 3.99. The minimum atomic E-state index is 0.526. The molecule has 7 nitrogen and oxygen atoms in total. The number of fused-ring (bicyclic) bond motifs is 2. The lowest BCUT2D eigenvalue weighted by molar-refractivity contribution is 0.762. The van der Waals surface area contributed by atoms with E-state index in [9.17, 15) is 5.26 Å². The third-order valence-electron chi connectivity index (χ3n) is 5.78. The van der Waals surface area contributed by atoms with Gasteiger partial charge in [-0.1, -0.05) is 18.2 Å². The number of benzene rings is 2. The summed E-state index contributed by atoms with van der Waals surface area (Å²) in [4.78, 5) is 18.0. The molecule has 2 aromatic carbocycles. The predicted octanol–water partition coefficient (Wildman–Crippen LogP) is 6.01. The highest BCUT2D eigenvalue weighted by Gasteiger charge is 2.14. The Balaban J connectivity index is 1.32. The quantitative estimate of drug-likeness (QED) is 0.328. The third-order valence-corrected chi connectivity index (χ3v) is 6.89. The molecule has 4 aromatic heterocycles. The van der Waals surface area contributed by atoms with E-state index in [4.69, 9.17) is 4.98 Å². The Labute approximate surface area is 199 Å². The van der Waals surface area contributed by atoms with Crippen molar-refractivity contribution in [3.05, 3.63) is 90.1 Å². The van der Waals surface area contributed by atoms with Gasteiger partial charge in [-0.05, 0) is 54.3 Å². The molecular formula is C26H19N7S. The van der Waals surface area contributed by atoms with Gasteiger partial charge in [-0.2, -0.15) is 10.2 Å². The maximum atomic E-state index is 9.22. The molecule has 0 atom stereocenters. The van der Waals surface area contributed by atoms with Crippen LogP contribution in [0.3, 0.4) is 0 Å². The number of rotatable bonds is 5. The summed E-state index contributed by atoms with van der Waals surface area (Å²) in [5.41, 5.74) is 4.40. The summed E-state index contributed by atoms with van der Waals surface area (Å²) in [7, 11) is 0. The first-order chi connectivity index (χ1) is 16.7. The van der Waals surface area contributed by atoms with Gasteiger partial charge in [0.2, 0.25) is 5.95 Å². The molecule has 8 heteroatoms. The van der Waals surface area contributed by atoms with Crippen LogP contribution in [0.25, 0.3) is 31.7 Å². The van der Waals surface area contributed by atoms with Crippen molar-refractivity contribution in [3.63, 3.8) is 0 Å². The van der Waals surface area contributed by atoms with E-state index >= 15 is 0 Å². The number of hydrogen-bond donors (Lipinski definition) is 2. The van der Waals surface area contributed by atoms with Gasteiger partial charge >= 0.3 is 0 Å². The summed E-state index contributed by atoms with van der Waals surface area (Å²) in [6, 6.07) is 20.3. The molecule has 0 radical (unpaired) electrons. The zero-order valence-electron chi connectivity index (χ0n) is 18.3. The molecule has 0 amide bonds. The van der Waals surface area contributed by atoms with Gasteiger partial charge in [0.05, 0.1) is 22.2 Å². The fraction of sp³-hybridized carbons (Fsp3) is 0.0769. The van der Waals surface area contributed by atoms with Gasteiger partial charge in [0.1, 0.15) is 11.5 Å². The molecule has 0 saturated carbocycles. The van der Waals surface area contributed by atoms with E-state index in [0.29, 0.717) is 11.5 Å². The van der Waals surface area contributed by atoms with Crippen LogP contribution >= 0.6 is 11.3 Å². The van der Waals surface area contributed by atoms with Crippen LogP contribution in [0, 0.1) is 18.3 Å². The highest BCUT2D eigenvalue weighted by atomic mass is 32.1. The summed E-state index contributed by atoms with van der Waals surface area (Å²) in [6.45, 7) is 2.78. The highest BCUT2D eigenvalue weighted by Crippen LogP contribution is 2.36. The number of nitrogens with one attached hydrogen (secondary N) is 2. The molecule has 34 heavy (non-hydrogen) atoms. The van der Waals surface area contributed by atoms with Crippen LogP contribution in [0.15, 0.2) is 73.2 Å². The Morgan fingerprint density at radius 2 is 1.97 bits per heavy atom. The van der Waals surface area contributed by atoms with Gasteiger partial charge in [0, 0.05) is 40.9 Å². The second kappa shape index (κ2) is 8.14. The van der Waals surface area contributed by atoms with E-state index in [1.807, 2.05) is 61.9 Å². The molecule has 6 aromatic rings.